The lowest BCUT2D eigenvalue weighted by molar-refractivity contribution is 0.174. The first-order valence-electron chi connectivity index (χ1n) is 6.31. The number of hydrogen-bond acceptors (Lipinski definition) is 2. The lowest BCUT2D eigenvalue weighted by Crippen LogP contribution is -2.26. The highest BCUT2D eigenvalue weighted by Gasteiger charge is 2.29. The average Bonchev–Trinajstić information content (AvgIpc) is 3.14. The van der Waals surface area contributed by atoms with Crippen molar-refractivity contribution in [3.05, 3.63) is 29.8 Å². The maximum Gasteiger partial charge on any atom is 0.0807 e. The molecule has 88 valence electrons. The molecule has 1 fully saturated rings. The van der Waals surface area contributed by atoms with Crippen LogP contribution in [0.15, 0.2) is 24.3 Å². The van der Waals surface area contributed by atoms with Gasteiger partial charge in [-0.05, 0) is 32.3 Å². The van der Waals surface area contributed by atoms with Crippen molar-refractivity contribution < 1.29 is 5.11 Å². The standard InChI is InChI=1S/C14H21NO/c1-3-14(16)12-7-5-6-8-13(12)15(4-2)11-9-10-11/h5-8,11,14,16H,3-4,9-10H2,1-2H3/t14-/m1/s1. The molecule has 1 N–H and O–H groups in total. The number of nitrogens with zero attached hydrogens (tertiary/aromatic N) is 1. The van der Waals surface area contributed by atoms with Crippen LogP contribution in [0.25, 0.3) is 0 Å². The van der Waals surface area contributed by atoms with Gasteiger partial charge >= 0.3 is 0 Å². The van der Waals surface area contributed by atoms with Crippen molar-refractivity contribution in [3.63, 3.8) is 0 Å². The van der Waals surface area contributed by atoms with Gasteiger partial charge < -0.3 is 10.0 Å². The first-order valence-corrected chi connectivity index (χ1v) is 6.31. The molecule has 2 nitrogen and oxygen atoms in total. The summed E-state index contributed by atoms with van der Waals surface area (Å²) in [5.41, 5.74) is 2.31. The normalized spacial score (nSPS) is 17.2. The summed E-state index contributed by atoms with van der Waals surface area (Å²) in [6, 6.07) is 8.96. The minimum Gasteiger partial charge on any atom is -0.388 e. The van der Waals surface area contributed by atoms with Crippen molar-refractivity contribution in [1.29, 1.82) is 0 Å². The summed E-state index contributed by atoms with van der Waals surface area (Å²) >= 11 is 0. The molecule has 0 radical (unpaired) electrons. The van der Waals surface area contributed by atoms with Crippen LogP contribution in [0.2, 0.25) is 0 Å². The molecule has 1 aromatic rings. The molecule has 0 unspecified atom stereocenters. The molecule has 0 bridgehead atoms. The maximum absolute atomic E-state index is 10.0. The van der Waals surface area contributed by atoms with Gasteiger partial charge in [-0.2, -0.15) is 0 Å². The third kappa shape index (κ3) is 2.22. The molecule has 0 amide bonds. The summed E-state index contributed by atoms with van der Waals surface area (Å²) in [4.78, 5) is 2.42. The quantitative estimate of drug-likeness (QED) is 0.822. The Balaban J connectivity index is 2.30. The van der Waals surface area contributed by atoms with Crippen LogP contribution in [0.3, 0.4) is 0 Å². The van der Waals surface area contributed by atoms with Crippen molar-refractivity contribution in [2.45, 2.75) is 45.3 Å². The molecule has 0 aromatic heterocycles. The molecule has 2 rings (SSSR count). The second kappa shape index (κ2) is 4.88. The summed E-state index contributed by atoms with van der Waals surface area (Å²) in [7, 11) is 0. The van der Waals surface area contributed by atoms with Crippen LogP contribution in [-0.2, 0) is 0 Å². The van der Waals surface area contributed by atoms with Crippen LogP contribution >= 0.6 is 0 Å². The van der Waals surface area contributed by atoms with Gasteiger partial charge in [-0.3, -0.25) is 0 Å². The Morgan fingerprint density at radius 1 is 1.31 bits per heavy atom. The largest absolute Gasteiger partial charge is 0.388 e. The molecule has 1 atom stereocenters. The van der Waals surface area contributed by atoms with E-state index < -0.39 is 0 Å². The van der Waals surface area contributed by atoms with Crippen molar-refractivity contribution in [2.75, 3.05) is 11.4 Å². The van der Waals surface area contributed by atoms with Gasteiger partial charge in [0.1, 0.15) is 0 Å². The summed E-state index contributed by atoms with van der Waals surface area (Å²) in [5.74, 6) is 0. The summed E-state index contributed by atoms with van der Waals surface area (Å²) < 4.78 is 0. The highest BCUT2D eigenvalue weighted by Crippen LogP contribution is 2.35. The second-order valence-electron chi connectivity index (χ2n) is 4.50. The number of aliphatic hydroxyl groups is 1. The van der Waals surface area contributed by atoms with E-state index in [9.17, 15) is 5.11 Å². The Hall–Kier alpha value is -1.02. The summed E-state index contributed by atoms with van der Waals surface area (Å²) in [6.07, 6.45) is 3.04. The predicted octanol–water partition coefficient (Wildman–Crippen LogP) is 3.12. The Kier molecular flexibility index (Phi) is 3.49. The van der Waals surface area contributed by atoms with Crippen LogP contribution in [0.4, 0.5) is 5.69 Å². The third-order valence-electron chi connectivity index (χ3n) is 3.32. The predicted molar refractivity (Wildman–Crippen MR) is 67.7 cm³/mol. The van der Waals surface area contributed by atoms with Crippen LogP contribution in [0, 0.1) is 0 Å². The van der Waals surface area contributed by atoms with Gasteiger partial charge in [0.25, 0.3) is 0 Å². The highest BCUT2D eigenvalue weighted by molar-refractivity contribution is 5.56. The van der Waals surface area contributed by atoms with Gasteiger partial charge in [0.15, 0.2) is 0 Å². The number of para-hydroxylation sites is 1. The SMILES string of the molecule is CC[C@@H](O)c1ccccc1N(CC)C1CC1. The van der Waals surface area contributed by atoms with Gasteiger partial charge in [0.05, 0.1) is 6.10 Å². The molecule has 0 saturated heterocycles. The number of rotatable bonds is 5. The Morgan fingerprint density at radius 2 is 2.00 bits per heavy atom. The Labute approximate surface area is 97.9 Å². The second-order valence-corrected chi connectivity index (χ2v) is 4.50. The fourth-order valence-electron chi connectivity index (χ4n) is 2.26. The van der Waals surface area contributed by atoms with E-state index in [-0.39, 0.29) is 6.10 Å². The number of hydrogen-bond donors (Lipinski definition) is 1. The van der Waals surface area contributed by atoms with Crippen molar-refractivity contribution in [3.8, 4) is 0 Å². The van der Waals surface area contributed by atoms with E-state index in [1.807, 2.05) is 13.0 Å². The first kappa shape index (κ1) is 11.5. The lowest BCUT2D eigenvalue weighted by Gasteiger charge is -2.27. The number of aliphatic hydroxyl groups excluding tert-OH is 1. The molecule has 0 aliphatic heterocycles. The lowest BCUT2D eigenvalue weighted by atomic mass is 10.0. The minimum atomic E-state index is -0.330. The van der Waals surface area contributed by atoms with E-state index in [0.29, 0.717) is 6.04 Å². The summed E-state index contributed by atoms with van der Waals surface area (Å²) in [6.45, 7) is 5.24. The smallest absolute Gasteiger partial charge is 0.0807 e. The molecule has 2 heteroatoms. The molecule has 1 aliphatic carbocycles. The zero-order valence-corrected chi connectivity index (χ0v) is 10.2. The van der Waals surface area contributed by atoms with Crippen LogP contribution in [0.5, 0.6) is 0 Å². The number of anilines is 1. The van der Waals surface area contributed by atoms with Crippen LogP contribution < -0.4 is 4.90 Å². The molecule has 0 spiro atoms. The first-order chi connectivity index (χ1) is 7.77. The van der Waals surface area contributed by atoms with Crippen LogP contribution in [-0.4, -0.2) is 17.7 Å². The third-order valence-corrected chi connectivity index (χ3v) is 3.32. The average molecular weight is 219 g/mol. The van der Waals surface area contributed by atoms with Gasteiger partial charge in [0, 0.05) is 23.8 Å². The summed E-state index contributed by atoms with van der Waals surface area (Å²) in [5, 5.41) is 10.0. The monoisotopic (exact) mass is 219 g/mol. The van der Waals surface area contributed by atoms with Gasteiger partial charge in [-0.25, -0.2) is 0 Å². The van der Waals surface area contributed by atoms with E-state index in [0.717, 1.165) is 18.5 Å². The molecule has 0 heterocycles. The van der Waals surface area contributed by atoms with Crippen molar-refractivity contribution in [2.24, 2.45) is 0 Å². The molecule has 1 aromatic carbocycles. The van der Waals surface area contributed by atoms with E-state index in [2.05, 4.69) is 30.0 Å². The molecular weight excluding hydrogens is 198 g/mol. The molecular formula is C14H21NO. The van der Waals surface area contributed by atoms with Crippen LogP contribution in [0.1, 0.15) is 44.8 Å². The fourth-order valence-corrected chi connectivity index (χ4v) is 2.26. The molecule has 1 saturated carbocycles. The maximum atomic E-state index is 10.0. The van der Waals surface area contributed by atoms with E-state index >= 15 is 0 Å². The Bertz CT molecular complexity index is 346. The van der Waals surface area contributed by atoms with E-state index in [4.69, 9.17) is 0 Å². The van der Waals surface area contributed by atoms with E-state index in [1.165, 1.54) is 18.5 Å². The van der Waals surface area contributed by atoms with Crippen molar-refractivity contribution >= 4 is 5.69 Å². The number of benzene rings is 1. The van der Waals surface area contributed by atoms with Gasteiger partial charge in [0.2, 0.25) is 0 Å². The fraction of sp³-hybridized carbons (Fsp3) is 0.571. The van der Waals surface area contributed by atoms with E-state index in [1.54, 1.807) is 0 Å². The molecule has 16 heavy (non-hydrogen) atoms. The van der Waals surface area contributed by atoms with Gasteiger partial charge in [-0.1, -0.05) is 25.1 Å². The highest BCUT2D eigenvalue weighted by atomic mass is 16.3. The topological polar surface area (TPSA) is 23.5 Å². The van der Waals surface area contributed by atoms with Gasteiger partial charge in [-0.15, -0.1) is 0 Å². The molecule has 1 aliphatic rings. The Morgan fingerprint density at radius 3 is 2.56 bits per heavy atom. The zero-order valence-electron chi connectivity index (χ0n) is 10.2. The minimum absolute atomic E-state index is 0.330. The zero-order chi connectivity index (χ0) is 11.5. The van der Waals surface area contributed by atoms with Crippen molar-refractivity contribution in [1.82, 2.24) is 0 Å².